The normalized spacial score (nSPS) is 12.5. The van der Waals surface area contributed by atoms with Crippen molar-refractivity contribution in [2.75, 3.05) is 0 Å². The fourth-order valence-corrected chi connectivity index (χ4v) is 18.3. The molecule has 1 aliphatic rings. The van der Waals surface area contributed by atoms with Crippen molar-refractivity contribution in [1.82, 2.24) is 0 Å². The van der Waals surface area contributed by atoms with Crippen LogP contribution in [0.2, 0.25) is 9.79 Å². The van der Waals surface area contributed by atoms with Crippen molar-refractivity contribution in [3.8, 4) is 0 Å². The summed E-state index contributed by atoms with van der Waals surface area (Å²) in [7, 11) is 0. The van der Waals surface area contributed by atoms with Gasteiger partial charge in [0.05, 0.1) is 0 Å². The van der Waals surface area contributed by atoms with Crippen LogP contribution < -0.4 is 0 Å². The maximum absolute atomic E-state index is 12.4. The fourth-order valence-electron chi connectivity index (χ4n) is 16.3. The molecule has 0 aromatic heterocycles. The molecule has 0 N–H and O–H groups in total. The van der Waals surface area contributed by atoms with Crippen molar-refractivity contribution in [2.24, 2.45) is 0 Å². The average molecular weight is 1520 g/mol. The number of hydrogen-bond acceptors (Lipinski definition) is 0. The summed E-state index contributed by atoms with van der Waals surface area (Å²) < 4.78 is 1.64. The Labute approximate surface area is 656 Å². The second kappa shape index (κ2) is 75.6. The van der Waals surface area contributed by atoms with E-state index in [0.717, 1.165) is 80.7 Å². The first-order valence-electron chi connectivity index (χ1n) is 47.6. The van der Waals surface area contributed by atoms with Crippen LogP contribution in [0.3, 0.4) is 0 Å². The van der Waals surface area contributed by atoms with E-state index in [9.17, 15) is 5.53 Å². The summed E-state index contributed by atoms with van der Waals surface area (Å²) in [5, 5.41) is 0. The van der Waals surface area contributed by atoms with Crippen molar-refractivity contribution in [2.45, 2.75) is 540 Å². The molecule has 0 radical (unpaired) electrons. The topological polar surface area (TPSA) is 25.3 Å². The number of allylic oxidation sites excluding steroid dienone is 2. The molecule has 1 heterocycles. The van der Waals surface area contributed by atoms with Crippen molar-refractivity contribution >= 4 is 11.4 Å². The van der Waals surface area contributed by atoms with Crippen molar-refractivity contribution in [3.63, 3.8) is 0 Å². The molecular formula is C100H182N2Pd. The Bertz CT molecular complexity index is 2100. The zero-order valence-electron chi connectivity index (χ0n) is 71.4. The second-order valence-corrected chi connectivity index (χ2v) is 35.5. The van der Waals surface area contributed by atoms with Gasteiger partial charge in [-0.15, -0.1) is 0 Å². The minimum atomic E-state index is 0.933. The molecule has 3 heteroatoms. The molecule has 0 saturated heterocycles. The number of aryl methyl sites for hydroxylation is 4. The Morgan fingerprint density at radius 2 is 0.388 bits per heavy atom. The number of unbranched alkanes of at least 4 members (excludes halogenated alkanes) is 61. The van der Waals surface area contributed by atoms with Crippen molar-refractivity contribution < 1.29 is 22.7 Å². The summed E-state index contributed by atoms with van der Waals surface area (Å²) in [5.41, 5.74) is 25.4. The second-order valence-electron chi connectivity index (χ2n) is 33.2. The van der Waals surface area contributed by atoms with E-state index in [-0.39, 0.29) is 0 Å². The Morgan fingerprint density at radius 3 is 0.592 bits per heavy atom. The van der Waals surface area contributed by atoms with Crippen LogP contribution >= 0.6 is 0 Å². The molecule has 0 bridgehead atoms. The molecule has 2 aromatic rings. The van der Waals surface area contributed by atoms with Crippen LogP contribution in [0.4, 0.5) is 0 Å². The van der Waals surface area contributed by atoms with Gasteiger partial charge in [-0.3, -0.25) is 0 Å². The molecule has 0 amide bonds. The Balaban J connectivity index is 0.000000705. The molecule has 0 unspecified atom stereocenters. The van der Waals surface area contributed by atoms with Gasteiger partial charge in [0.15, 0.2) is 0 Å². The predicted octanol–water partition coefficient (Wildman–Crippen LogP) is 36.4. The SMILES string of the molecule is CCCCCCCCCCCCCCCCCCCCCCCCCC[CH2][Pd][CH2]CCCCCCCCCCCCCCCCCCCCCCCCCC.CCCCCCc1cc(CCCCCC)cc(C2=C(CC)C(CCCC)=C(c3cc(CCCCCC)cc(CCCCCC)c3)[N+]2=[N-])c1. The van der Waals surface area contributed by atoms with Crippen molar-refractivity contribution in [3.05, 3.63) is 86.5 Å². The maximum atomic E-state index is 12.4. The van der Waals surface area contributed by atoms with Crippen LogP contribution in [0.5, 0.6) is 0 Å². The zero-order valence-corrected chi connectivity index (χ0v) is 73.0. The van der Waals surface area contributed by atoms with E-state index in [0.29, 0.717) is 0 Å². The minimum Gasteiger partial charge on any atom is -0.493 e. The summed E-state index contributed by atoms with van der Waals surface area (Å²) in [6, 6.07) is 14.6. The molecule has 1 aliphatic heterocycles. The van der Waals surface area contributed by atoms with Gasteiger partial charge in [0.25, 0.3) is 0 Å². The monoisotopic (exact) mass is 1520 g/mol. The third-order valence-electron chi connectivity index (χ3n) is 23.1. The molecular weight excluding hydrogens is 1340 g/mol. The third kappa shape index (κ3) is 55.3. The molecule has 3 rings (SSSR count). The van der Waals surface area contributed by atoms with E-state index in [1.165, 1.54) is 468 Å². The number of rotatable bonds is 78. The van der Waals surface area contributed by atoms with Gasteiger partial charge in [0.1, 0.15) is 0 Å². The standard InChI is InChI=1S/C46H72N2.2C27H55.Pd/c1-7-13-18-22-26-37-31-38(27-23-19-14-8-2)34-41(33-37)45-43(12-6)44(30-17-11-5)46(48(45)47)42-35-39(28-24-20-15-9-3)32-40(36-42)29-25-21-16-10-4;2*1-3-5-7-9-11-13-15-17-19-21-23-25-27-26-24-22-20-18-16-14-12-10-8-6-4-2;/h31-36H,7-30H2,1-6H3;2*1,3-27H2,2H3;. The molecule has 0 spiro atoms. The first kappa shape index (κ1) is 97.3. The first-order chi connectivity index (χ1) is 50.9. The zero-order chi connectivity index (χ0) is 74.0. The van der Waals surface area contributed by atoms with Gasteiger partial charge < -0.3 is 5.53 Å². The van der Waals surface area contributed by atoms with Gasteiger partial charge >= 0.3 is 169 Å². The van der Waals surface area contributed by atoms with Crippen molar-refractivity contribution in [1.29, 1.82) is 0 Å². The number of benzene rings is 2. The predicted molar refractivity (Wildman–Crippen MR) is 463 cm³/mol. The molecule has 0 fully saturated rings. The molecule has 0 atom stereocenters. The fraction of sp³-hybridized carbons (Fsp3) is 0.840. The van der Waals surface area contributed by atoms with Crippen LogP contribution in [-0.2, 0) is 43.7 Å². The molecule has 2 nitrogen and oxygen atoms in total. The summed E-state index contributed by atoms with van der Waals surface area (Å²) >= 11 is 1.05. The van der Waals surface area contributed by atoms with Gasteiger partial charge in [-0.05, 0) is 117 Å². The first-order valence-corrected chi connectivity index (χ1v) is 49.8. The van der Waals surface area contributed by atoms with Gasteiger partial charge in [0, 0.05) is 22.3 Å². The molecule has 0 aliphatic carbocycles. The van der Waals surface area contributed by atoms with Crippen LogP contribution in [0.1, 0.15) is 538 Å². The van der Waals surface area contributed by atoms with Crippen LogP contribution in [0.25, 0.3) is 16.9 Å². The summed E-state index contributed by atoms with van der Waals surface area (Å²) in [6.45, 7) is 18.4. The summed E-state index contributed by atoms with van der Waals surface area (Å²) in [6.07, 6.45) is 104. The van der Waals surface area contributed by atoms with Crippen LogP contribution in [0, 0.1) is 0 Å². The van der Waals surface area contributed by atoms with E-state index in [4.69, 9.17) is 0 Å². The minimum absolute atomic E-state index is 0.933. The summed E-state index contributed by atoms with van der Waals surface area (Å²) in [4.78, 5) is 3.10. The van der Waals surface area contributed by atoms with E-state index >= 15 is 0 Å². The molecule has 103 heavy (non-hydrogen) atoms. The van der Waals surface area contributed by atoms with E-state index in [2.05, 4.69) is 91.8 Å². The number of hydrogen-bond donors (Lipinski definition) is 0. The van der Waals surface area contributed by atoms with E-state index in [1.54, 1.807) is 14.5 Å². The quantitative estimate of drug-likeness (QED) is 0.0358. The van der Waals surface area contributed by atoms with Gasteiger partial charge in [-0.25, -0.2) is 4.70 Å². The molecule has 2 aromatic carbocycles. The number of nitrogens with zero attached hydrogens (tertiary/aromatic N) is 2. The molecule has 602 valence electrons. The Hall–Kier alpha value is -1.82. The average Bonchev–Trinajstić information content (AvgIpc) is 1.61. The summed E-state index contributed by atoms with van der Waals surface area (Å²) in [5.74, 6) is 0. The van der Waals surface area contributed by atoms with Gasteiger partial charge in [-0.2, -0.15) is 0 Å². The Kier molecular flexibility index (Phi) is 71.4. The van der Waals surface area contributed by atoms with Crippen LogP contribution in [-0.4, -0.2) is 4.70 Å². The smallest absolute Gasteiger partial charge is 0.493 e. The third-order valence-corrected chi connectivity index (χ3v) is 25.3. The van der Waals surface area contributed by atoms with Gasteiger partial charge in [-0.1, -0.05) is 331 Å². The van der Waals surface area contributed by atoms with Crippen LogP contribution in [0.15, 0.2) is 47.5 Å². The van der Waals surface area contributed by atoms with Gasteiger partial charge in [0.2, 0.25) is 11.4 Å². The van der Waals surface area contributed by atoms with E-state index in [1.807, 2.05) is 0 Å². The molecule has 0 saturated carbocycles. The van der Waals surface area contributed by atoms with E-state index < -0.39 is 0 Å². The Morgan fingerprint density at radius 1 is 0.204 bits per heavy atom.